The molecule has 34 heavy (non-hydrogen) atoms. The molecule has 3 aromatic heterocycles. The fourth-order valence-electron chi connectivity index (χ4n) is 4.38. The molecule has 0 atom stereocenters. The summed E-state index contributed by atoms with van der Waals surface area (Å²) in [6, 6.07) is 13.8. The number of carbonyl (C=O) groups excluding carboxylic acids is 1. The maximum atomic E-state index is 13.4. The van der Waals surface area contributed by atoms with Crippen molar-refractivity contribution < 1.29 is 4.79 Å². The molecule has 0 bridgehead atoms. The van der Waals surface area contributed by atoms with Crippen molar-refractivity contribution >= 4 is 17.5 Å². The highest BCUT2D eigenvalue weighted by Gasteiger charge is 2.32. The Balaban J connectivity index is 1.25. The van der Waals surface area contributed by atoms with Gasteiger partial charge in [0.2, 0.25) is 0 Å². The van der Waals surface area contributed by atoms with Crippen molar-refractivity contribution in [3.63, 3.8) is 0 Å². The second-order valence-electron chi connectivity index (χ2n) is 9.12. The molecule has 1 saturated carbocycles. The Kier molecular flexibility index (Phi) is 4.90. The van der Waals surface area contributed by atoms with Gasteiger partial charge in [0.25, 0.3) is 0 Å². The minimum Gasteiger partial charge on any atom is -0.310 e. The third-order valence-electron chi connectivity index (χ3n) is 6.42. The van der Waals surface area contributed by atoms with Crippen molar-refractivity contribution in [3.8, 4) is 17.2 Å². The van der Waals surface area contributed by atoms with Gasteiger partial charge >= 0.3 is 6.03 Å². The second kappa shape index (κ2) is 8.09. The molecule has 9 nitrogen and oxygen atoms in total. The van der Waals surface area contributed by atoms with Crippen LogP contribution in [0.5, 0.6) is 0 Å². The van der Waals surface area contributed by atoms with Crippen LogP contribution in [0.25, 0.3) is 17.2 Å². The number of hydrogen-bond donors (Lipinski definition) is 0. The highest BCUT2D eigenvalue weighted by Crippen LogP contribution is 2.39. The van der Waals surface area contributed by atoms with Crippen LogP contribution >= 0.6 is 0 Å². The van der Waals surface area contributed by atoms with E-state index in [1.165, 1.54) is 12.8 Å². The number of hydrogen-bond acceptors (Lipinski definition) is 5. The maximum absolute atomic E-state index is 13.4. The molecular formula is C25H26N8O. The maximum Gasteiger partial charge on any atom is 0.330 e. The molecule has 0 radical (unpaired) electrons. The van der Waals surface area contributed by atoms with Gasteiger partial charge in [0.05, 0.1) is 12.0 Å². The predicted molar refractivity (Wildman–Crippen MR) is 129 cm³/mol. The van der Waals surface area contributed by atoms with Crippen LogP contribution in [0.15, 0.2) is 61.3 Å². The van der Waals surface area contributed by atoms with E-state index in [2.05, 4.69) is 35.2 Å². The molecule has 2 fully saturated rings. The summed E-state index contributed by atoms with van der Waals surface area (Å²) in [6.07, 6.45) is 8.11. The Morgan fingerprint density at radius 1 is 0.971 bits per heavy atom. The third-order valence-corrected chi connectivity index (χ3v) is 6.42. The number of pyridine rings is 1. The number of aromatic nitrogens is 6. The summed E-state index contributed by atoms with van der Waals surface area (Å²) in [6.45, 7) is 5.30. The molecule has 1 aromatic carbocycles. The van der Waals surface area contributed by atoms with Gasteiger partial charge in [-0.1, -0.05) is 12.1 Å². The predicted octanol–water partition coefficient (Wildman–Crippen LogP) is 4.43. The molecule has 2 aliphatic rings. The zero-order valence-electron chi connectivity index (χ0n) is 19.2. The van der Waals surface area contributed by atoms with Gasteiger partial charge < -0.3 is 9.13 Å². The zero-order chi connectivity index (χ0) is 23.2. The van der Waals surface area contributed by atoms with E-state index in [9.17, 15) is 4.79 Å². The van der Waals surface area contributed by atoms with Gasteiger partial charge in [-0.15, -0.1) is 10.2 Å². The summed E-state index contributed by atoms with van der Waals surface area (Å²) in [4.78, 5) is 26.2. The van der Waals surface area contributed by atoms with Gasteiger partial charge in [-0.25, -0.2) is 14.8 Å². The van der Waals surface area contributed by atoms with Gasteiger partial charge in [-0.2, -0.15) is 0 Å². The highest BCUT2D eigenvalue weighted by atomic mass is 16.2. The molecule has 1 saturated heterocycles. The van der Waals surface area contributed by atoms with E-state index in [1.807, 2.05) is 57.9 Å². The summed E-state index contributed by atoms with van der Waals surface area (Å²) in [5, 5.41) is 8.28. The third kappa shape index (κ3) is 3.63. The first-order valence-corrected chi connectivity index (χ1v) is 11.7. The van der Waals surface area contributed by atoms with Crippen molar-refractivity contribution in [2.24, 2.45) is 0 Å². The number of imidazole rings is 1. The Hall–Kier alpha value is -4.01. The minimum atomic E-state index is -0.0866. The topological polar surface area (TPSA) is 85.0 Å². The lowest BCUT2D eigenvalue weighted by molar-refractivity contribution is 0.255. The van der Waals surface area contributed by atoms with Crippen LogP contribution in [-0.4, -0.2) is 48.4 Å². The van der Waals surface area contributed by atoms with E-state index < -0.39 is 0 Å². The molecule has 1 aliphatic heterocycles. The minimum absolute atomic E-state index is 0.0866. The Morgan fingerprint density at radius 2 is 1.76 bits per heavy atom. The lowest BCUT2D eigenvalue weighted by Crippen LogP contribution is -2.32. The van der Waals surface area contributed by atoms with Crippen molar-refractivity contribution in [1.82, 2.24) is 29.3 Å². The fourth-order valence-corrected chi connectivity index (χ4v) is 4.38. The fraction of sp³-hybridized carbons (Fsp3) is 0.320. The normalized spacial score (nSPS) is 16.1. The van der Waals surface area contributed by atoms with Crippen LogP contribution in [-0.2, 0) is 0 Å². The summed E-state index contributed by atoms with van der Waals surface area (Å²) in [7, 11) is 0. The van der Waals surface area contributed by atoms with E-state index in [0.717, 1.165) is 17.1 Å². The van der Waals surface area contributed by atoms with Gasteiger partial charge in [0, 0.05) is 42.6 Å². The molecule has 4 heterocycles. The van der Waals surface area contributed by atoms with E-state index in [0.29, 0.717) is 36.3 Å². The number of anilines is 2. The first-order chi connectivity index (χ1) is 16.6. The summed E-state index contributed by atoms with van der Waals surface area (Å²) in [5.74, 6) is 1.91. The zero-order valence-corrected chi connectivity index (χ0v) is 19.2. The second-order valence-corrected chi connectivity index (χ2v) is 9.12. The molecule has 1 aliphatic carbocycles. The number of benzene rings is 1. The van der Waals surface area contributed by atoms with Crippen LogP contribution in [0.4, 0.5) is 16.3 Å². The van der Waals surface area contributed by atoms with Crippen LogP contribution in [0.2, 0.25) is 0 Å². The SMILES string of the molecule is CC(C)n1cnnc1-c1cccc(N2CCN(c3cccc(-n4cnc(C5CC5)c4)c3)C2=O)n1. The molecule has 6 rings (SSSR count). The first-order valence-electron chi connectivity index (χ1n) is 11.7. The van der Waals surface area contributed by atoms with Crippen LogP contribution in [0.1, 0.15) is 44.3 Å². The number of nitrogens with zero attached hydrogens (tertiary/aromatic N) is 8. The van der Waals surface area contributed by atoms with Crippen molar-refractivity contribution in [2.45, 2.75) is 38.6 Å². The molecular weight excluding hydrogens is 428 g/mol. The van der Waals surface area contributed by atoms with Crippen molar-refractivity contribution in [3.05, 3.63) is 67.0 Å². The van der Waals surface area contributed by atoms with Gasteiger partial charge in [0.15, 0.2) is 5.82 Å². The smallest absolute Gasteiger partial charge is 0.310 e. The lowest BCUT2D eigenvalue weighted by atomic mass is 10.2. The number of urea groups is 1. The monoisotopic (exact) mass is 454 g/mol. The Morgan fingerprint density at radius 3 is 2.59 bits per heavy atom. The largest absolute Gasteiger partial charge is 0.330 e. The van der Waals surface area contributed by atoms with Crippen molar-refractivity contribution in [1.29, 1.82) is 0 Å². The summed E-state index contributed by atoms with van der Waals surface area (Å²) < 4.78 is 4.01. The molecule has 2 amide bonds. The lowest BCUT2D eigenvalue weighted by Gasteiger charge is -2.19. The molecule has 172 valence electrons. The molecule has 0 N–H and O–H groups in total. The quantitative estimate of drug-likeness (QED) is 0.430. The summed E-state index contributed by atoms with van der Waals surface area (Å²) in [5.41, 5.74) is 3.70. The van der Waals surface area contributed by atoms with Crippen LogP contribution < -0.4 is 9.80 Å². The van der Waals surface area contributed by atoms with E-state index >= 15 is 0 Å². The van der Waals surface area contributed by atoms with E-state index in [4.69, 9.17) is 4.98 Å². The van der Waals surface area contributed by atoms with E-state index in [-0.39, 0.29) is 12.1 Å². The molecule has 0 unspecified atom stereocenters. The standard InChI is InChI=1S/C25H26N8O/c1-17(2)33-16-27-29-24(33)21-7-4-8-23(28-21)32-12-11-31(25(32)34)20-6-3-5-19(13-20)30-14-22(26-15-30)18-9-10-18/h3-8,13-18H,9-12H2,1-2H3. The van der Waals surface area contributed by atoms with Gasteiger partial charge in [0.1, 0.15) is 17.8 Å². The van der Waals surface area contributed by atoms with Crippen molar-refractivity contribution in [2.75, 3.05) is 22.9 Å². The number of carbonyl (C=O) groups is 1. The first kappa shape index (κ1) is 20.6. The van der Waals surface area contributed by atoms with E-state index in [1.54, 1.807) is 16.1 Å². The Labute approximate surface area is 197 Å². The number of amides is 2. The Bertz CT molecular complexity index is 1350. The highest BCUT2D eigenvalue weighted by molar-refractivity contribution is 6.05. The number of rotatable bonds is 6. The molecule has 0 spiro atoms. The molecule has 4 aromatic rings. The van der Waals surface area contributed by atoms with Gasteiger partial charge in [-0.3, -0.25) is 9.80 Å². The average Bonchev–Trinajstić information content (AvgIpc) is 3.25. The molecule has 9 heteroatoms. The van der Waals surface area contributed by atoms with Crippen LogP contribution in [0.3, 0.4) is 0 Å². The summed E-state index contributed by atoms with van der Waals surface area (Å²) >= 11 is 0. The van der Waals surface area contributed by atoms with Crippen LogP contribution in [0, 0.1) is 0 Å². The average molecular weight is 455 g/mol. The van der Waals surface area contributed by atoms with Gasteiger partial charge in [-0.05, 0) is 57.0 Å².